The van der Waals surface area contributed by atoms with Gasteiger partial charge >= 0.3 is 0 Å². The zero-order valence-electron chi connectivity index (χ0n) is 13.2. The molecule has 2 heterocycles. The van der Waals surface area contributed by atoms with Crippen LogP contribution >= 0.6 is 0 Å². The van der Waals surface area contributed by atoms with E-state index in [4.69, 9.17) is 4.74 Å². The van der Waals surface area contributed by atoms with Gasteiger partial charge in [-0.3, -0.25) is 4.90 Å². The summed E-state index contributed by atoms with van der Waals surface area (Å²) in [7, 11) is 0. The Morgan fingerprint density at radius 2 is 2.00 bits per heavy atom. The number of piperidine rings is 1. The molecule has 1 fully saturated rings. The van der Waals surface area contributed by atoms with Crippen LogP contribution in [0.3, 0.4) is 0 Å². The number of pyridine rings is 1. The average molecular weight is 296 g/mol. The van der Waals surface area contributed by atoms with Crippen molar-refractivity contribution in [2.45, 2.75) is 38.8 Å². The van der Waals surface area contributed by atoms with Crippen LogP contribution in [0.2, 0.25) is 0 Å². The summed E-state index contributed by atoms with van der Waals surface area (Å²) in [6.07, 6.45) is 5.78. The molecule has 1 aliphatic rings. The van der Waals surface area contributed by atoms with Crippen molar-refractivity contribution < 1.29 is 4.74 Å². The highest BCUT2D eigenvalue weighted by atomic mass is 16.5. The molecule has 1 aromatic heterocycles. The van der Waals surface area contributed by atoms with Crippen LogP contribution in [0, 0.1) is 0 Å². The van der Waals surface area contributed by atoms with Gasteiger partial charge in [0.25, 0.3) is 0 Å². The first-order valence-corrected chi connectivity index (χ1v) is 8.23. The molecule has 0 aliphatic carbocycles. The second kappa shape index (κ2) is 7.41. The molecule has 1 saturated heterocycles. The van der Waals surface area contributed by atoms with E-state index in [0.29, 0.717) is 12.6 Å². The fourth-order valence-corrected chi connectivity index (χ4v) is 3.20. The number of ether oxygens (including phenoxy) is 1. The van der Waals surface area contributed by atoms with Gasteiger partial charge in [0.05, 0.1) is 6.61 Å². The lowest BCUT2D eigenvalue weighted by molar-refractivity contribution is 0.140. The van der Waals surface area contributed by atoms with E-state index < -0.39 is 0 Å². The minimum Gasteiger partial charge on any atom is -0.478 e. The Balaban J connectivity index is 1.74. The maximum Gasteiger partial charge on any atom is 0.213 e. The average Bonchev–Trinajstić information content (AvgIpc) is 2.58. The summed E-state index contributed by atoms with van der Waals surface area (Å²) in [6.45, 7) is 4.82. The number of hydrogen-bond acceptors (Lipinski definition) is 3. The van der Waals surface area contributed by atoms with Crippen molar-refractivity contribution in [2.75, 3.05) is 13.2 Å². The number of hydrogen-bond donors (Lipinski definition) is 0. The minimum absolute atomic E-state index is 0.470. The summed E-state index contributed by atoms with van der Waals surface area (Å²) in [5.74, 6) is 0.719. The zero-order chi connectivity index (χ0) is 15.2. The maximum absolute atomic E-state index is 5.45. The molecule has 3 rings (SSSR count). The molecule has 3 heteroatoms. The van der Waals surface area contributed by atoms with Crippen LogP contribution in [-0.2, 0) is 6.54 Å². The Morgan fingerprint density at radius 1 is 1.14 bits per heavy atom. The third kappa shape index (κ3) is 3.66. The van der Waals surface area contributed by atoms with Crippen LogP contribution in [0.4, 0.5) is 0 Å². The Hall–Kier alpha value is -1.87. The molecule has 0 N–H and O–H groups in total. The highest BCUT2D eigenvalue weighted by Gasteiger charge is 2.24. The molecule has 1 aromatic carbocycles. The molecule has 116 valence electrons. The number of rotatable bonds is 5. The van der Waals surface area contributed by atoms with Crippen LogP contribution in [-0.4, -0.2) is 23.0 Å². The van der Waals surface area contributed by atoms with Gasteiger partial charge in [-0.1, -0.05) is 42.8 Å². The van der Waals surface area contributed by atoms with Gasteiger partial charge < -0.3 is 4.74 Å². The van der Waals surface area contributed by atoms with Crippen molar-refractivity contribution in [3.05, 3.63) is 59.8 Å². The van der Waals surface area contributed by atoms with Gasteiger partial charge in [-0.25, -0.2) is 4.98 Å². The minimum atomic E-state index is 0.470. The number of likely N-dealkylation sites (tertiary alicyclic amines) is 1. The van der Waals surface area contributed by atoms with E-state index in [1.165, 1.54) is 30.4 Å². The molecular weight excluding hydrogens is 272 g/mol. The standard InChI is InChI=1S/C19H24N2O/c1-2-22-19-12-11-17(14-20-19)18-10-6-7-13-21(18)15-16-8-4-3-5-9-16/h3-5,8-9,11-12,14,18H,2,6-7,10,13,15H2,1H3/t18-/m1/s1. The molecule has 3 nitrogen and oxygen atoms in total. The summed E-state index contributed by atoms with van der Waals surface area (Å²) < 4.78 is 5.45. The number of benzene rings is 1. The predicted molar refractivity (Wildman–Crippen MR) is 88.9 cm³/mol. The highest BCUT2D eigenvalue weighted by Crippen LogP contribution is 2.32. The van der Waals surface area contributed by atoms with Crippen LogP contribution in [0.15, 0.2) is 48.7 Å². The van der Waals surface area contributed by atoms with Crippen molar-refractivity contribution >= 4 is 0 Å². The first-order chi connectivity index (χ1) is 10.9. The van der Waals surface area contributed by atoms with Crippen molar-refractivity contribution in [1.82, 2.24) is 9.88 Å². The van der Waals surface area contributed by atoms with E-state index in [2.05, 4.69) is 46.3 Å². The van der Waals surface area contributed by atoms with Crippen LogP contribution < -0.4 is 4.74 Å². The molecule has 0 unspecified atom stereocenters. The van der Waals surface area contributed by atoms with Gasteiger partial charge in [0.2, 0.25) is 5.88 Å². The summed E-state index contributed by atoms with van der Waals surface area (Å²) in [6, 6.07) is 15.4. The fourth-order valence-electron chi connectivity index (χ4n) is 3.20. The van der Waals surface area contributed by atoms with E-state index in [1.807, 2.05) is 19.2 Å². The molecule has 0 radical (unpaired) electrons. The Labute approximate surface area is 132 Å². The van der Waals surface area contributed by atoms with Gasteiger partial charge in [0.15, 0.2) is 0 Å². The third-order valence-electron chi connectivity index (χ3n) is 4.28. The number of nitrogens with zero attached hydrogens (tertiary/aromatic N) is 2. The summed E-state index contributed by atoms with van der Waals surface area (Å²) in [5, 5.41) is 0. The van der Waals surface area contributed by atoms with Crippen LogP contribution in [0.1, 0.15) is 43.4 Å². The van der Waals surface area contributed by atoms with Crippen LogP contribution in [0.5, 0.6) is 5.88 Å². The number of aromatic nitrogens is 1. The van der Waals surface area contributed by atoms with Gasteiger partial charge in [-0.05, 0) is 37.4 Å². The van der Waals surface area contributed by atoms with Crippen molar-refractivity contribution in [1.29, 1.82) is 0 Å². The quantitative estimate of drug-likeness (QED) is 0.826. The Morgan fingerprint density at radius 3 is 2.73 bits per heavy atom. The zero-order valence-corrected chi connectivity index (χ0v) is 13.2. The predicted octanol–water partition coefficient (Wildman–Crippen LogP) is 4.21. The smallest absolute Gasteiger partial charge is 0.213 e. The lowest BCUT2D eigenvalue weighted by Gasteiger charge is -2.36. The van der Waals surface area contributed by atoms with E-state index in [0.717, 1.165) is 19.0 Å². The van der Waals surface area contributed by atoms with Crippen molar-refractivity contribution in [2.24, 2.45) is 0 Å². The molecule has 22 heavy (non-hydrogen) atoms. The Bertz CT molecular complexity index is 568. The van der Waals surface area contributed by atoms with E-state index in [9.17, 15) is 0 Å². The molecule has 1 aliphatic heterocycles. The van der Waals surface area contributed by atoms with Crippen molar-refractivity contribution in [3.8, 4) is 5.88 Å². The molecule has 2 aromatic rings. The van der Waals surface area contributed by atoms with E-state index in [-0.39, 0.29) is 0 Å². The van der Waals surface area contributed by atoms with Gasteiger partial charge in [-0.15, -0.1) is 0 Å². The molecule has 0 bridgehead atoms. The normalized spacial score (nSPS) is 19.0. The summed E-state index contributed by atoms with van der Waals surface area (Å²) in [4.78, 5) is 7.02. The van der Waals surface area contributed by atoms with Gasteiger partial charge in [0, 0.05) is 24.8 Å². The lowest BCUT2D eigenvalue weighted by Crippen LogP contribution is -2.32. The monoisotopic (exact) mass is 296 g/mol. The first kappa shape index (κ1) is 15.0. The summed E-state index contributed by atoms with van der Waals surface area (Å²) >= 11 is 0. The molecule has 0 saturated carbocycles. The highest BCUT2D eigenvalue weighted by molar-refractivity contribution is 5.22. The fraction of sp³-hybridized carbons (Fsp3) is 0.421. The van der Waals surface area contributed by atoms with Crippen molar-refractivity contribution in [3.63, 3.8) is 0 Å². The lowest BCUT2D eigenvalue weighted by atomic mass is 9.96. The van der Waals surface area contributed by atoms with E-state index in [1.54, 1.807) is 0 Å². The molecular formula is C19H24N2O. The molecule has 0 amide bonds. The van der Waals surface area contributed by atoms with E-state index >= 15 is 0 Å². The second-order valence-electron chi connectivity index (χ2n) is 5.83. The van der Waals surface area contributed by atoms with Gasteiger partial charge in [-0.2, -0.15) is 0 Å². The Kier molecular flexibility index (Phi) is 5.07. The van der Waals surface area contributed by atoms with Gasteiger partial charge in [0.1, 0.15) is 0 Å². The second-order valence-corrected chi connectivity index (χ2v) is 5.83. The molecule has 1 atom stereocenters. The topological polar surface area (TPSA) is 25.4 Å². The largest absolute Gasteiger partial charge is 0.478 e. The SMILES string of the molecule is CCOc1ccc([C@H]2CCCCN2Cc2ccccc2)cn1. The first-order valence-electron chi connectivity index (χ1n) is 8.23. The van der Waals surface area contributed by atoms with Crippen LogP contribution in [0.25, 0.3) is 0 Å². The molecule has 0 spiro atoms. The maximum atomic E-state index is 5.45. The summed E-state index contributed by atoms with van der Waals surface area (Å²) in [5.41, 5.74) is 2.69. The third-order valence-corrected chi connectivity index (χ3v) is 4.28.